The minimum absolute atomic E-state index is 0.0000238. The first-order chi connectivity index (χ1) is 22.1. The van der Waals surface area contributed by atoms with E-state index in [0.29, 0.717) is 22.9 Å². The zero-order chi connectivity index (χ0) is 34.4. The molecule has 4 aromatic carbocycles. The molecule has 7 nitrogen and oxygen atoms in total. The Bertz CT molecular complexity index is 1800. The number of halogens is 1. The average Bonchev–Trinajstić information content (AvgIpc) is 3.00. The molecule has 0 fully saturated rings. The number of hydrogen-bond acceptors (Lipinski definition) is 5. The minimum atomic E-state index is -4.12. The molecule has 47 heavy (non-hydrogen) atoms. The Morgan fingerprint density at radius 1 is 0.894 bits per heavy atom. The van der Waals surface area contributed by atoms with Crippen LogP contribution in [0.1, 0.15) is 79.4 Å². The summed E-state index contributed by atoms with van der Waals surface area (Å²) in [5.74, 6) is -0.999. The highest BCUT2D eigenvalue weighted by atomic mass is 35.5. The van der Waals surface area contributed by atoms with Crippen LogP contribution in [-0.4, -0.2) is 37.0 Å². The Morgan fingerprint density at radius 3 is 2.09 bits per heavy atom. The molecule has 0 bridgehead atoms. The number of aryl methyl sites for hydroxylation is 1. The molecule has 0 saturated heterocycles. The Balaban J connectivity index is 1.56. The predicted molar refractivity (Wildman–Crippen MR) is 189 cm³/mol. The molecule has 1 amide bonds. The number of benzene rings is 4. The van der Waals surface area contributed by atoms with Crippen LogP contribution in [0.3, 0.4) is 0 Å². The average molecular weight is 676 g/mol. The van der Waals surface area contributed by atoms with Crippen molar-refractivity contribution in [2.45, 2.75) is 59.3 Å². The lowest BCUT2D eigenvalue weighted by Gasteiger charge is -2.25. The number of ether oxygens (including phenoxy) is 1. The number of Topliss-reactive ketones (excluding diaryl/α,β-unsaturated/α-hetero) is 1. The van der Waals surface area contributed by atoms with Gasteiger partial charge in [0.1, 0.15) is 5.75 Å². The molecule has 0 heterocycles. The van der Waals surface area contributed by atoms with E-state index >= 15 is 0 Å². The van der Waals surface area contributed by atoms with Crippen molar-refractivity contribution in [3.8, 4) is 16.9 Å². The normalized spacial score (nSPS) is 13.1. The van der Waals surface area contributed by atoms with Crippen LogP contribution < -0.4 is 10.1 Å². The predicted octanol–water partition coefficient (Wildman–Crippen LogP) is 9.12. The van der Waals surface area contributed by atoms with Crippen molar-refractivity contribution in [3.63, 3.8) is 0 Å². The van der Waals surface area contributed by atoms with Gasteiger partial charge in [-0.1, -0.05) is 100.0 Å². The maximum absolute atomic E-state index is 14.0. The van der Waals surface area contributed by atoms with Crippen LogP contribution in [0.4, 0.5) is 5.69 Å². The molecule has 0 aliphatic heterocycles. The summed E-state index contributed by atoms with van der Waals surface area (Å²) < 4.78 is 36.9. The number of hydrogen-bond donors (Lipinski definition) is 2. The molecule has 9 heteroatoms. The minimum Gasteiger partial charge on any atom is -0.493 e. The molecule has 2 atom stereocenters. The van der Waals surface area contributed by atoms with Crippen LogP contribution in [0.5, 0.6) is 5.75 Å². The Morgan fingerprint density at radius 2 is 1.51 bits per heavy atom. The van der Waals surface area contributed by atoms with Crippen LogP contribution in [-0.2, 0) is 14.9 Å². The summed E-state index contributed by atoms with van der Waals surface area (Å²) in [6.07, 6.45) is 0.0326. The molecule has 0 aliphatic rings. The van der Waals surface area contributed by atoms with Gasteiger partial charge in [0, 0.05) is 28.3 Å². The lowest BCUT2D eigenvalue weighted by molar-refractivity contribution is -0.118. The van der Waals surface area contributed by atoms with Gasteiger partial charge in [-0.15, -0.1) is 0 Å². The molecule has 248 valence electrons. The van der Waals surface area contributed by atoms with E-state index < -0.39 is 21.8 Å². The molecule has 0 aliphatic carbocycles. The van der Waals surface area contributed by atoms with Gasteiger partial charge in [0.15, 0.2) is 5.78 Å². The van der Waals surface area contributed by atoms with E-state index in [4.69, 9.17) is 20.9 Å². The number of carbonyl (C=O) groups excluding carboxylic acids is 2. The zero-order valence-corrected chi connectivity index (χ0v) is 29.0. The van der Waals surface area contributed by atoms with Crippen molar-refractivity contribution in [1.29, 1.82) is 0 Å². The second-order valence-electron chi connectivity index (χ2n) is 13.2. The number of carbonyl (C=O) groups is 2. The quantitative estimate of drug-likeness (QED) is 0.108. The number of rotatable bonds is 13. The van der Waals surface area contributed by atoms with Gasteiger partial charge in [-0.2, -0.15) is 8.42 Å². The van der Waals surface area contributed by atoms with E-state index in [1.165, 1.54) is 0 Å². The number of anilines is 1. The van der Waals surface area contributed by atoms with Gasteiger partial charge in [-0.3, -0.25) is 14.1 Å². The van der Waals surface area contributed by atoms with E-state index in [-0.39, 0.29) is 35.9 Å². The summed E-state index contributed by atoms with van der Waals surface area (Å²) in [6, 6.07) is 28.1. The fourth-order valence-electron chi connectivity index (χ4n) is 5.27. The van der Waals surface area contributed by atoms with E-state index in [1.54, 1.807) is 12.1 Å². The highest BCUT2D eigenvalue weighted by Gasteiger charge is 2.29. The second kappa shape index (κ2) is 15.3. The standard InChI is InChI=1S/C38H42ClNO6S/c1-25-8-21-33(34(39)23-25)28-13-17-31(18-14-28)40-37(42)36(30-15-19-32(20-16-30)46-24-38(3,4)5)26(2)27-9-11-29(12-10-27)35(41)7-6-22-47(43,44)45/h8-21,23,26,36H,6-7,22,24H2,1-5H3,(H,40,42)(H,43,44,45). The van der Waals surface area contributed by atoms with Crippen molar-refractivity contribution in [2.24, 2.45) is 5.41 Å². The van der Waals surface area contributed by atoms with Crippen molar-refractivity contribution >= 4 is 39.1 Å². The highest BCUT2D eigenvalue weighted by molar-refractivity contribution is 7.85. The second-order valence-corrected chi connectivity index (χ2v) is 15.1. The van der Waals surface area contributed by atoms with Crippen LogP contribution in [0, 0.1) is 12.3 Å². The third-order valence-electron chi connectivity index (χ3n) is 7.85. The molecular weight excluding hydrogens is 634 g/mol. The van der Waals surface area contributed by atoms with Gasteiger partial charge in [0.2, 0.25) is 5.91 Å². The van der Waals surface area contributed by atoms with Crippen LogP contribution in [0.25, 0.3) is 11.1 Å². The van der Waals surface area contributed by atoms with Crippen LogP contribution in [0.2, 0.25) is 5.02 Å². The first-order valence-corrected chi connectivity index (χ1v) is 17.6. The summed E-state index contributed by atoms with van der Waals surface area (Å²) in [5.41, 5.74) is 5.69. The molecule has 0 spiro atoms. The van der Waals surface area contributed by atoms with Gasteiger partial charge in [0.25, 0.3) is 10.1 Å². The molecule has 0 aromatic heterocycles. The number of nitrogens with one attached hydrogen (secondary N) is 1. The Labute approximate surface area is 283 Å². The van der Waals surface area contributed by atoms with Crippen molar-refractivity contribution < 1.29 is 27.3 Å². The van der Waals surface area contributed by atoms with Gasteiger partial charge in [0.05, 0.1) is 18.3 Å². The summed E-state index contributed by atoms with van der Waals surface area (Å²) in [6.45, 7) is 10.8. The van der Waals surface area contributed by atoms with Gasteiger partial charge in [-0.05, 0) is 77.3 Å². The SMILES string of the molecule is Cc1ccc(-c2ccc(NC(=O)C(c3ccc(OCC(C)(C)C)cc3)C(C)c3ccc(C(=O)CCCS(=O)(=O)O)cc3)cc2)c(Cl)c1. The molecule has 4 rings (SSSR count). The summed E-state index contributed by atoms with van der Waals surface area (Å²) in [5, 5.41) is 3.75. The maximum atomic E-state index is 14.0. The summed E-state index contributed by atoms with van der Waals surface area (Å²) >= 11 is 6.48. The Hall–Kier alpha value is -3.98. The van der Waals surface area contributed by atoms with Crippen LogP contribution in [0.15, 0.2) is 91.0 Å². The van der Waals surface area contributed by atoms with E-state index in [1.807, 2.05) is 92.7 Å². The number of amides is 1. The smallest absolute Gasteiger partial charge is 0.264 e. The first-order valence-electron chi connectivity index (χ1n) is 15.6. The molecule has 2 N–H and O–H groups in total. The largest absolute Gasteiger partial charge is 0.493 e. The number of ketones is 1. The summed E-state index contributed by atoms with van der Waals surface area (Å²) in [4.78, 5) is 26.6. The van der Waals surface area contributed by atoms with E-state index in [9.17, 15) is 18.0 Å². The first kappa shape index (κ1) is 35.9. The lowest BCUT2D eigenvalue weighted by Crippen LogP contribution is -2.25. The van der Waals surface area contributed by atoms with Crippen molar-refractivity contribution in [1.82, 2.24) is 0 Å². The van der Waals surface area contributed by atoms with Crippen molar-refractivity contribution in [2.75, 3.05) is 17.7 Å². The summed E-state index contributed by atoms with van der Waals surface area (Å²) in [7, 11) is -4.12. The molecular formula is C38H42ClNO6S. The monoisotopic (exact) mass is 675 g/mol. The van der Waals surface area contributed by atoms with E-state index in [2.05, 4.69) is 26.1 Å². The van der Waals surface area contributed by atoms with Gasteiger partial charge < -0.3 is 10.1 Å². The fraction of sp³-hybridized carbons (Fsp3) is 0.316. The van der Waals surface area contributed by atoms with Gasteiger partial charge in [-0.25, -0.2) is 0 Å². The topological polar surface area (TPSA) is 110 Å². The van der Waals surface area contributed by atoms with Crippen molar-refractivity contribution in [3.05, 3.63) is 118 Å². The molecule has 4 aromatic rings. The maximum Gasteiger partial charge on any atom is 0.264 e. The molecule has 0 saturated carbocycles. The third-order valence-corrected chi connectivity index (χ3v) is 8.96. The lowest BCUT2D eigenvalue weighted by atomic mass is 9.81. The van der Waals surface area contributed by atoms with Crippen LogP contribution >= 0.6 is 11.6 Å². The molecule has 0 radical (unpaired) electrons. The highest BCUT2D eigenvalue weighted by Crippen LogP contribution is 2.36. The third kappa shape index (κ3) is 10.5. The molecule has 2 unspecified atom stereocenters. The fourth-order valence-corrected chi connectivity index (χ4v) is 6.12. The van der Waals surface area contributed by atoms with E-state index in [0.717, 1.165) is 33.6 Å². The zero-order valence-electron chi connectivity index (χ0n) is 27.4. The van der Waals surface area contributed by atoms with Gasteiger partial charge >= 0.3 is 0 Å². The Kier molecular flexibility index (Phi) is 11.7.